The number of rotatable bonds is 4. The zero-order valence-corrected chi connectivity index (χ0v) is 11.3. The van der Waals surface area contributed by atoms with Crippen LogP contribution < -0.4 is 15.0 Å². The summed E-state index contributed by atoms with van der Waals surface area (Å²) in [5.41, 5.74) is 1.13. The van der Waals surface area contributed by atoms with Gasteiger partial charge in [0, 0.05) is 37.0 Å². The van der Waals surface area contributed by atoms with Crippen LogP contribution in [0.5, 0.6) is 5.75 Å². The molecule has 1 heterocycles. The Morgan fingerprint density at radius 3 is 2.63 bits per heavy atom. The largest absolute Gasteiger partial charge is 0.490 e. The van der Waals surface area contributed by atoms with Crippen molar-refractivity contribution < 1.29 is 14.9 Å². The third kappa shape index (κ3) is 2.96. The molecule has 1 aromatic rings. The minimum Gasteiger partial charge on any atom is -0.490 e. The Bertz CT molecular complexity index is 456. The van der Waals surface area contributed by atoms with Crippen molar-refractivity contribution in [3.8, 4) is 5.75 Å². The van der Waals surface area contributed by atoms with Gasteiger partial charge in [0.25, 0.3) is 4.92 Å². The summed E-state index contributed by atoms with van der Waals surface area (Å²) in [7, 11) is 3.47. The molecule has 2 N–H and O–H groups in total. The van der Waals surface area contributed by atoms with Gasteiger partial charge in [-0.05, 0) is 26.0 Å². The molecule has 1 fully saturated rings. The summed E-state index contributed by atoms with van der Waals surface area (Å²) < 4.78 is 5.14. The Balaban J connectivity index is 2.15. The van der Waals surface area contributed by atoms with Gasteiger partial charge in [-0.2, -0.15) is 0 Å². The molecule has 0 unspecified atom stereocenters. The molecule has 0 aromatic heterocycles. The van der Waals surface area contributed by atoms with E-state index in [1.165, 1.54) is 7.11 Å². The maximum Gasteiger partial charge on any atom is 0.358 e. The van der Waals surface area contributed by atoms with Crippen LogP contribution in [-0.2, 0) is 0 Å². The van der Waals surface area contributed by atoms with Crippen molar-refractivity contribution >= 4 is 11.4 Å². The summed E-state index contributed by atoms with van der Waals surface area (Å²) in [5, 5.41) is 12.3. The summed E-state index contributed by atoms with van der Waals surface area (Å²) in [6, 6.07) is 5.77. The number of nitrogens with zero attached hydrogens (tertiary/aromatic N) is 2. The Morgan fingerprint density at radius 2 is 2.11 bits per heavy atom. The van der Waals surface area contributed by atoms with Gasteiger partial charge in [-0.1, -0.05) is 0 Å². The van der Waals surface area contributed by atoms with Crippen molar-refractivity contribution in [2.24, 2.45) is 0 Å². The van der Waals surface area contributed by atoms with E-state index in [4.69, 9.17) is 9.94 Å². The lowest BCUT2D eigenvalue weighted by Crippen LogP contribution is -2.41. The maximum atomic E-state index is 11.0. The van der Waals surface area contributed by atoms with E-state index < -0.39 is 0 Å². The zero-order chi connectivity index (χ0) is 13.8. The highest BCUT2D eigenvalue weighted by Gasteiger charge is 2.23. The second kappa shape index (κ2) is 5.88. The molecule has 1 aliphatic rings. The van der Waals surface area contributed by atoms with E-state index in [9.17, 15) is 4.91 Å². The van der Waals surface area contributed by atoms with E-state index >= 15 is 0 Å². The fraction of sp³-hybridized carbons (Fsp3) is 0.538. The fourth-order valence-corrected chi connectivity index (χ4v) is 2.45. The second-order valence-electron chi connectivity index (χ2n) is 4.68. The molecule has 104 valence electrons. The molecule has 0 radical (unpaired) electrons. The highest BCUT2D eigenvalue weighted by atomic mass is 16.6. The summed E-state index contributed by atoms with van der Waals surface area (Å²) >= 11 is 0. The molecule has 0 aliphatic carbocycles. The van der Waals surface area contributed by atoms with Crippen molar-refractivity contribution in [3.63, 3.8) is 0 Å². The highest BCUT2D eigenvalue weighted by molar-refractivity contribution is 5.59. The highest BCUT2D eigenvalue weighted by Crippen LogP contribution is 2.32. The molecule has 6 heteroatoms. The average molecular weight is 266 g/mol. The van der Waals surface area contributed by atoms with Crippen LogP contribution in [0.15, 0.2) is 18.2 Å². The van der Waals surface area contributed by atoms with Gasteiger partial charge in [-0.15, -0.1) is 0 Å². The fourth-order valence-electron chi connectivity index (χ4n) is 2.45. The molecule has 1 saturated heterocycles. The smallest absolute Gasteiger partial charge is 0.358 e. The number of anilines is 1. The number of methoxy groups -OCH3 is 1. The summed E-state index contributed by atoms with van der Waals surface area (Å²) in [5.74, 6) is 0.380. The zero-order valence-electron chi connectivity index (χ0n) is 11.3. The predicted octanol–water partition coefficient (Wildman–Crippen LogP) is 1.68. The normalized spacial score (nSPS) is 16.4. The lowest BCUT2D eigenvalue weighted by atomic mass is 10.0. The quantitative estimate of drug-likeness (QED) is 0.812. The molecule has 0 bridgehead atoms. The van der Waals surface area contributed by atoms with Gasteiger partial charge in [-0.25, -0.2) is 5.21 Å². The number of benzene rings is 1. The van der Waals surface area contributed by atoms with Crippen LogP contribution in [0.3, 0.4) is 0 Å². The number of piperidine rings is 1. The van der Waals surface area contributed by atoms with Crippen LogP contribution in [0, 0.1) is 4.91 Å². The first kappa shape index (κ1) is 13.6. The molecule has 19 heavy (non-hydrogen) atoms. The average Bonchev–Trinajstić information content (AvgIpc) is 2.46. The van der Waals surface area contributed by atoms with Crippen molar-refractivity contribution in [2.75, 3.05) is 32.1 Å². The van der Waals surface area contributed by atoms with Gasteiger partial charge < -0.3 is 15.0 Å². The monoisotopic (exact) mass is 266 g/mol. The molecule has 6 nitrogen and oxygen atoms in total. The number of hydrogen-bond donors (Lipinski definition) is 2. The van der Waals surface area contributed by atoms with E-state index in [0.29, 0.717) is 11.8 Å². The number of ether oxygens (including phenoxy) is 1. The molecule has 0 saturated carbocycles. The third-order valence-electron chi connectivity index (χ3n) is 3.64. The van der Waals surface area contributed by atoms with Gasteiger partial charge >= 0.3 is 5.69 Å². The topological polar surface area (TPSA) is 64.8 Å². The Labute approximate surface area is 112 Å². The van der Waals surface area contributed by atoms with E-state index in [0.717, 1.165) is 31.6 Å². The van der Waals surface area contributed by atoms with Gasteiger partial charge in [0.15, 0.2) is 0 Å². The summed E-state index contributed by atoms with van der Waals surface area (Å²) in [6.45, 7) is 1.93. The Kier molecular flexibility index (Phi) is 4.21. The lowest BCUT2D eigenvalue weighted by molar-refractivity contribution is -0.730. The van der Waals surface area contributed by atoms with Gasteiger partial charge in [-0.3, -0.25) is 0 Å². The van der Waals surface area contributed by atoms with Crippen molar-refractivity contribution in [1.82, 2.24) is 5.32 Å². The Hall–Kier alpha value is -1.82. The standard InChI is InChI=1S/C13H20N3O3/c1-14-10-5-7-15(8-6-10)11-3-4-12(16(17)18)13(9-11)19-2/h3-4,9-10,14H,5-8H2,1-2H3,(H,17,18)/q+1. The van der Waals surface area contributed by atoms with Crippen molar-refractivity contribution in [2.45, 2.75) is 18.9 Å². The number of nitrogens with one attached hydrogen (secondary N) is 1. The third-order valence-corrected chi connectivity index (χ3v) is 3.64. The van der Waals surface area contributed by atoms with E-state index in [1.807, 2.05) is 13.1 Å². The van der Waals surface area contributed by atoms with Crippen molar-refractivity contribution in [1.29, 1.82) is 0 Å². The lowest BCUT2D eigenvalue weighted by Gasteiger charge is -2.33. The van der Waals surface area contributed by atoms with Gasteiger partial charge in [0.2, 0.25) is 5.75 Å². The number of hydrogen-bond acceptors (Lipinski definition) is 4. The first-order valence-corrected chi connectivity index (χ1v) is 6.42. The van der Waals surface area contributed by atoms with Crippen LogP contribution in [0.4, 0.5) is 11.4 Å². The predicted molar refractivity (Wildman–Crippen MR) is 72.4 cm³/mol. The van der Waals surface area contributed by atoms with E-state index in [2.05, 4.69) is 10.2 Å². The van der Waals surface area contributed by atoms with E-state index in [1.54, 1.807) is 12.1 Å². The van der Waals surface area contributed by atoms with Crippen molar-refractivity contribution in [3.05, 3.63) is 23.1 Å². The maximum absolute atomic E-state index is 11.0. The van der Waals surface area contributed by atoms with Crippen LogP contribution in [-0.4, -0.2) is 43.4 Å². The van der Waals surface area contributed by atoms with E-state index in [-0.39, 0.29) is 10.6 Å². The minimum atomic E-state index is -0.171. The van der Waals surface area contributed by atoms with Crippen LogP contribution in [0.2, 0.25) is 0 Å². The van der Waals surface area contributed by atoms with Gasteiger partial charge in [0.05, 0.1) is 12.0 Å². The summed E-state index contributed by atoms with van der Waals surface area (Å²) in [4.78, 5) is 13.1. The summed E-state index contributed by atoms with van der Waals surface area (Å²) in [6.07, 6.45) is 2.18. The van der Waals surface area contributed by atoms with Crippen LogP contribution in [0.1, 0.15) is 12.8 Å². The molecular formula is C13H20N3O3+. The minimum absolute atomic E-state index is 0.122. The Morgan fingerprint density at radius 1 is 1.42 bits per heavy atom. The molecule has 2 rings (SSSR count). The van der Waals surface area contributed by atoms with Crippen LogP contribution >= 0.6 is 0 Å². The van der Waals surface area contributed by atoms with Crippen LogP contribution in [0.25, 0.3) is 0 Å². The molecule has 1 aromatic carbocycles. The van der Waals surface area contributed by atoms with Gasteiger partial charge in [0.1, 0.15) is 0 Å². The molecule has 1 aliphatic heterocycles. The molecule has 0 amide bonds. The molecular weight excluding hydrogens is 246 g/mol. The first-order chi connectivity index (χ1) is 9.15. The second-order valence-corrected chi connectivity index (χ2v) is 4.68. The first-order valence-electron chi connectivity index (χ1n) is 6.42. The molecule has 0 spiro atoms. The SMILES string of the molecule is CNC1CCN(c2ccc([N+](=O)O)c(OC)c2)CC1. The molecule has 0 atom stereocenters.